The number of hydrogen-bond acceptors (Lipinski definition) is 2. The average Bonchev–Trinajstić information content (AvgIpc) is 2.53. The second kappa shape index (κ2) is 6.37. The Balaban J connectivity index is 2.27. The van der Waals surface area contributed by atoms with Crippen molar-refractivity contribution in [3.05, 3.63) is 64.1 Å². The molecule has 0 unspecified atom stereocenters. The van der Waals surface area contributed by atoms with Gasteiger partial charge >= 0.3 is 0 Å². The van der Waals surface area contributed by atoms with Gasteiger partial charge in [-0.05, 0) is 30.3 Å². The fourth-order valence-corrected chi connectivity index (χ4v) is 2.87. The van der Waals surface area contributed by atoms with Crippen molar-refractivity contribution in [1.82, 2.24) is 4.98 Å². The Morgan fingerprint density at radius 2 is 1.68 bits per heavy atom. The van der Waals surface area contributed by atoms with Gasteiger partial charge in [0.15, 0.2) is 5.78 Å². The molecule has 0 amide bonds. The van der Waals surface area contributed by atoms with E-state index in [2.05, 4.69) is 20.9 Å². The summed E-state index contributed by atoms with van der Waals surface area (Å²) in [5.74, 6) is 0.00457. The first kappa shape index (κ1) is 15.5. The quantitative estimate of drug-likeness (QED) is 0.415. The SMILES string of the molecule is O=C(CBr)c1cc(-c2ccc(Cl)cc2)nc2cc(Cl)ccc12. The molecule has 3 aromatic rings. The molecule has 22 heavy (non-hydrogen) atoms. The van der Waals surface area contributed by atoms with Gasteiger partial charge in [0.1, 0.15) is 0 Å². The van der Waals surface area contributed by atoms with Crippen LogP contribution in [-0.4, -0.2) is 16.1 Å². The molecule has 1 heterocycles. The number of aromatic nitrogens is 1. The number of Topliss-reactive ketones (excluding diaryl/α,β-unsaturated/α-hetero) is 1. The number of hydrogen-bond donors (Lipinski definition) is 0. The van der Waals surface area contributed by atoms with Gasteiger partial charge in [-0.25, -0.2) is 4.98 Å². The van der Waals surface area contributed by atoms with E-state index in [1.165, 1.54) is 0 Å². The summed E-state index contributed by atoms with van der Waals surface area (Å²) in [4.78, 5) is 16.8. The molecule has 5 heteroatoms. The maximum absolute atomic E-state index is 12.2. The van der Waals surface area contributed by atoms with Gasteiger partial charge in [-0.3, -0.25) is 4.79 Å². The maximum atomic E-state index is 12.2. The fraction of sp³-hybridized carbons (Fsp3) is 0.0588. The zero-order chi connectivity index (χ0) is 15.7. The number of rotatable bonds is 3. The van der Waals surface area contributed by atoms with Crippen molar-refractivity contribution in [1.29, 1.82) is 0 Å². The molecule has 0 fully saturated rings. The molecule has 0 N–H and O–H groups in total. The molecule has 0 spiro atoms. The zero-order valence-electron chi connectivity index (χ0n) is 11.3. The molecule has 3 rings (SSSR count). The van der Waals surface area contributed by atoms with Crippen LogP contribution in [0.1, 0.15) is 10.4 Å². The minimum absolute atomic E-state index is 0.00457. The van der Waals surface area contributed by atoms with Gasteiger partial charge in [-0.1, -0.05) is 57.3 Å². The molecule has 110 valence electrons. The van der Waals surface area contributed by atoms with Crippen LogP contribution in [-0.2, 0) is 0 Å². The van der Waals surface area contributed by atoms with E-state index < -0.39 is 0 Å². The standard InChI is InChI=1S/C17H10BrCl2NO/c18-9-17(22)14-8-15(10-1-3-11(19)4-2-10)21-16-7-12(20)5-6-13(14)16/h1-8H,9H2. The first-order valence-electron chi connectivity index (χ1n) is 6.54. The number of carbonyl (C=O) groups excluding carboxylic acids is 1. The lowest BCUT2D eigenvalue weighted by molar-refractivity contribution is 0.102. The summed E-state index contributed by atoms with van der Waals surface area (Å²) in [6, 6.07) is 14.5. The van der Waals surface area contributed by atoms with Crippen LogP contribution in [0, 0.1) is 0 Å². The van der Waals surface area contributed by atoms with Gasteiger partial charge in [0, 0.05) is 26.6 Å². The second-order valence-electron chi connectivity index (χ2n) is 4.78. The summed E-state index contributed by atoms with van der Waals surface area (Å²) in [5.41, 5.74) is 2.94. The van der Waals surface area contributed by atoms with Gasteiger partial charge < -0.3 is 0 Å². The Hall–Kier alpha value is -1.42. The molecule has 0 saturated carbocycles. The van der Waals surface area contributed by atoms with Gasteiger partial charge in [0.25, 0.3) is 0 Å². The molecule has 0 aliphatic rings. The van der Waals surface area contributed by atoms with Crippen LogP contribution in [0.3, 0.4) is 0 Å². The summed E-state index contributed by atoms with van der Waals surface area (Å²) in [6.45, 7) is 0. The maximum Gasteiger partial charge on any atom is 0.174 e. The van der Waals surface area contributed by atoms with E-state index in [-0.39, 0.29) is 11.1 Å². The fourth-order valence-electron chi connectivity index (χ4n) is 2.27. The number of benzene rings is 2. The van der Waals surface area contributed by atoms with E-state index in [9.17, 15) is 4.79 Å². The smallest absolute Gasteiger partial charge is 0.174 e. The highest BCUT2D eigenvalue weighted by Crippen LogP contribution is 2.28. The zero-order valence-corrected chi connectivity index (χ0v) is 14.4. The third kappa shape index (κ3) is 3.02. The third-order valence-corrected chi connectivity index (χ3v) is 4.33. The van der Waals surface area contributed by atoms with Crippen LogP contribution >= 0.6 is 39.1 Å². The van der Waals surface area contributed by atoms with E-state index in [0.29, 0.717) is 21.1 Å². The minimum Gasteiger partial charge on any atom is -0.293 e. The highest BCUT2D eigenvalue weighted by molar-refractivity contribution is 9.09. The molecular weight excluding hydrogens is 385 g/mol. The highest BCUT2D eigenvalue weighted by atomic mass is 79.9. The van der Waals surface area contributed by atoms with Crippen molar-refractivity contribution in [2.24, 2.45) is 0 Å². The number of halogens is 3. The normalized spacial score (nSPS) is 10.9. The number of carbonyl (C=O) groups is 1. The van der Waals surface area contributed by atoms with Crippen molar-refractivity contribution < 1.29 is 4.79 Å². The molecule has 1 aromatic heterocycles. The molecule has 2 nitrogen and oxygen atoms in total. The Morgan fingerprint density at radius 3 is 2.36 bits per heavy atom. The van der Waals surface area contributed by atoms with Crippen LogP contribution in [0.15, 0.2) is 48.5 Å². The summed E-state index contributed by atoms with van der Waals surface area (Å²) >= 11 is 15.2. The molecule has 0 atom stereocenters. The van der Waals surface area contributed by atoms with Crippen LogP contribution in [0.25, 0.3) is 22.2 Å². The van der Waals surface area contributed by atoms with Gasteiger partial charge in [0.2, 0.25) is 0 Å². The molecule has 0 aliphatic heterocycles. The second-order valence-corrected chi connectivity index (χ2v) is 6.21. The van der Waals surface area contributed by atoms with Crippen molar-refractivity contribution >= 4 is 55.8 Å². The van der Waals surface area contributed by atoms with Crippen LogP contribution < -0.4 is 0 Å². The Bertz CT molecular complexity index is 862. The van der Waals surface area contributed by atoms with Crippen molar-refractivity contribution in [3.8, 4) is 11.3 Å². The number of ketones is 1. The molecular formula is C17H10BrCl2NO. The predicted octanol–water partition coefficient (Wildman–Crippen LogP) is 5.79. The average molecular weight is 395 g/mol. The molecule has 0 bridgehead atoms. The van der Waals surface area contributed by atoms with Crippen LogP contribution in [0.4, 0.5) is 0 Å². The third-order valence-electron chi connectivity index (χ3n) is 3.33. The van der Waals surface area contributed by atoms with Crippen molar-refractivity contribution in [3.63, 3.8) is 0 Å². The number of alkyl halides is 1. The van der Waals surface area contributed by atoms with E-state index in [1.807, 2.05) is 24.3 Å². The Labute approximate surface area is 146 Å². The molecule has 0 aliphatic carbocycles. The number of fused-ring (bicyclic) bond motifs is 1. The Morgan fingerprint density at radius 1 is 1.00 bits per heavy atom. The highest BCUT2D eigenvalue weighted by Gasteiger charge is 2.13. The lowest BCUT2D eigenvalue weighted by Crippen LogP contribution is -2.03. The van der Waals surface area contributed by atoms with E-state index in [0.717, 1.165) is 16.6 Å². The lowest BCUT2D eigenvalue weighted by atomic mass is 10.0. The van der Waals surface area contributed by atoms with E-state index in [4.69, 9.17) is 23.2 Å². The summed E-state index contributed by atoms with van der Waals surface area (Å²) in [5, 5.41) is 2.30. The summed E-state index contributed by atoms with van der Waals surface area (Å²) < 4.78 is 0. The topological polar surface area (TPSA) is 30.0 Å². The lowest BCUT2D eigenvalue weighted by Gasteiger charge is -2.09. The largest absolute Gasteiger partial charge is 0.293 e. The van der Waals surface area contributed by atoms with Crippen LogP contribution in [0.2, 0.25) is 10.0 Å². The summed E-state index contributed by atoms with van der Waals surface area (Å²) in [7, 11) is 0. The minimum atomic E-state index is 0.00457. The van der Waals surface area contributed by atoms with Crippen LogP contribution in [0.5, 0.6) is 0 Å². The monoisotopic (exact) mass is 393 g/mol. The van der Waals surface area contributed by atoms with E-state index in [1.54, 1.807) is 24.3 Å². The first-order chi connectivity index (χ1) is 10.6. The number of nitrogens with zero attached hydrogens (tertiary/aromatic N) is 1. The van der Waals surface area contributed by atoms with Gasteiger partial charge in [0.05, 0.1) is 16.5 Å². The summed E-state index contributed by atoms with van der Waals surface area (Å²) in [6.07, 6.45) is 0. The van der Waals surface area contributed by atoms with Gasteiger partial charge in [-0.15, -0.1) is 0 Å². The predicted molar refractivity (Wildman–Crippen MR) is 95.3 cm³/mol. The Kier molecular flexibility index (Phi) is 4.48. The molecule has 0 saturated heterocycles. The van der Waals surface area contributed by atoms with Gasteiger partial charge in [-0.2, -0.15) is 0 Å². The van der Waals surface area contributed by atoms with Crippen molar-refractivity contribution in [2.45, 2.75) is 0 Å². The van der Waals surface area contributed by atoms with Crippen molar-refractivity contribution in [2.75, 3.05) is 5.33 Å². The number of pyridine rings is 1. The molecule has 2 aromatic carbocycles. The van der Waals surface area contributed by atoms with E-state index >= 15 is 0 Å². The first-order valence-corrected chi connectivity index (χ1v) is 8.41. The molecule has 0 radical (unpaired) electrons.